The maximum absolute atomic E-state index is 9.14. The molecule has 0 unspecified atom stereocenters. The van der Waals surface area contributed by atoms with E-state index in [-0.39, 0.29) is 6.61 Å². The van der Waals surface area contributed by atoms with Gasteiger partial charge < -0.3 is 10.4 Å². The topological polar surface area (TPSA) is 45.1 Å². The first-order valence-electron chi connectivity index (χ1n) is 5.53. The summed E-state index contributed by atoms with van der Waals surface area (Å²) >= 11 is 0. The number of nitrogens with zero attached hydrogens (tertiary/aromatic N) is 1. The van der Waals surface area contributed by atoms with Crippen LogP contribution in [0, 0.1) is 0 Å². The average molecular weight is 208 g/mol. The van der Waals surface area contributed by atoms with Crippen LogP contribution in [-0.2, 0) is 6.61 Å². The lowest BCUT2D eigenvalue weighted by atomic mass is 10.1. The molecule has 1 rings (SSSR count). The van der Waals surface area contributed by atoms with Gasteiger partial charge in [-0.2, -0.15) is 0 Å². The summed E-state index contributed by atoms with van der Waals surface area (Å²) in [7, 11) is 0. The zero-order valence-electron chi connectivity index (χ0n) is 9.75. The molecule has 0 atom stereocenters. The zero-order valence-corrected chi connectivity index (χ0v) is 9.75. The highest BCUT2D eigenvalue weighted by molar-refractivity contribution is 5.40. The van der Waals surface area contributed by atoms with E-state index in [0.29, 0.717) is 5.92 Å². The molecule has 3 heteroatoms. The summed E-state index contributed by atoms with van der Waals surface area (Å²) in [5.41, 5.74) is 1.95. The molecule has 1 heterocycles. The van der Waals surface area contributed by atoms with Crippen molar-refractivity contribution in [2.75, 3.05) is 11.9 Å². The maximum Gasteiger partial charge on any atom is 0.126 e. The summed E-state index contributed by atoms with van der Waals surface area (Å²) < 4.78 is 0. The Morgan fingerprint density at radius 1 is 1.40 bits per heavy atom. The van der Waals surface area contributed by atoms with Crippen LogP contribution in [0.4, 0.5) is 5.82 Å². The Labute approximate surface area is 91.5 Å². The molecule has 0 saturated carbocycles. The second-order valence-corrected chi connectivity index (χ2v) is 4.03. The first-order valence-corrected chi connectivity index (χ1v) is 5.53. The monoisotopic (exact) mass is 208 g/mol. The van der Waals surface area contributed by atoms with Crippen molar-refractivity contribution < 1.29 is 5.11 Å². The molecule has 0 aliphatic heterocycles. The number of hydrogen-bond donors (Lipinski definition) is 2. The highest BCUT2D eigenvalue weighted by atomic mass is 16.3. The minimum Gasteiger partial charge on any atom is -0.392 e. The molecule has 0 radical (unpaired) electrons. The minimum absolute atomic E-state index is 0.0725. The predicted molar refractivity (Wildman–Crippen MR) is 63.0 cm³/mol. The van der Waals surface area contributed by atoms with E-state index < -0.39 is 0 Å². The number of aliphatic hydroxyl groups excluding tert-OH is 1. The third-order valence-electron chi connectivity index (χ3n) is 2.24. The van der Waals surface area contributed by atoms with Crippen molar-refractivity contribution in [1.82, 2.24) is 4.98 Å². The Morgan fingerprint density at radius 2 is 2.13 bits per heavy atom. The first-order chi connectivity index (χ1) is 7.17. The van der Waals surface area contributed by atoms with Gasteiger partial charge in [-0.3, -0.25) is 0 Å². The fourth-order valence-corrected chi connectivity index (χ4v) is 1.34. The Bertz CT molecular complexity index is 310. The van der Waals surface area contributed by atoms with Crippen LogP contribution in [0.2, 0.25) is 0 Å². The van der Waals surface area contributed by atoms with Crippen LogP contribution in [0.3, 0.4) is 0 Å². The van der Waals surface area contributed by atoms with Crippen molar-refractivity contribution in [1.29, 1.82) is 0 Å². The number of aromatic nitrogens is 1. The summed E-state index contributed by atoms with van der Waals surface area (Å²) in [6, 6.07) is 3.86. The molecular weight excluding hydrogens is 188 g/mol. The van der Waals surface area contributed by atoms with Gasteiger partial charge in [-0.15, -0.1) is 0 Å². The molecule has 0 aliphatic carbocycles. The highest BCUT2D eigenvalue weighted by Gasteiger charge is 2.05. The third kappa shape index (κ3) is 3.51. The molecule has 2 N–H and O–H groups in total. The van der Waals surface area contributed by atoms with Crippen LogP contribution in [0.25, 0.3) is 0 Å². The van der Waals surface area contributed by atoms with Gasteiger partial charge >= 0.3 is 0 Å². The van der Waals surface area contributed by atoms with Gasteiger partial charge in [0.2, 0.25) is 0 Å². The second kappa shape index (κ2) is 5.71. The predicted octanol–water partition coefficient (Wildman–Crippen LogP) is 2.52. The molecule has 1 aromatic heterocycles. The Balaban J connectivity index is 2.90. The lowest BCUT2D eigenvalue weighted by molar-refractivity contribution is 0.281. The highest BCUT2D eigenvalue weighted by Crippen LogP contribution is 2.17. The molecule has 15 heavy (non-hydrogen) atoms. The molecule has 84 valence electrons. The minimum atomic E-state index is 0.0725. The summed E-state index contributed by atoms with van der Waals surface area (Å²) in [5.74, 6) is 1.26. The van der Waals surface area contributed by atoms with Crippen molar-refractivity contribution in [3.8, 4) is 0 Å². The van der Waals surface area contributed by atoms with Gasteiger partial charge in [-0.25, -0.2) is 4.98 Å². The van der Waals surface area contributed by atoms with Gasteiger partial charge in [-0.05, 0) is 30.0 Å². The number of rotatable bonds is 5. The number of aliphatic hydroxyl groups is 1. The molecule has 0 spiro atoms. The van der Waals surface area contributed by atoms with E-state index in [0.717, 1.165) is 30.0 Å². The third-order valence-corrected chi connectivity index (χ3v) is 2.24. The van der Waals surface area contributed by atoms with Crippen LogP contribution < -0.4 is 5.32 Å². The summed E-state index contributed by atoms with van der Waals surface area (Å²) in [6.07, 6.45) is 1.07. The van der Waals surface area contributed by atoms with E-state index in [1.54, 1.807) is 0 Å². The SMILES string of the molecule is CCCNc1cc(CO)cc(C(C)C)n1. The molecule has 0 fully saturated rings. The van der Waals surface area contributed by atoms with Crippen molar-refractivity contribution in [2.45, 2.75) is 39.7 Å². The molecular formula is C12H20N2O. The van der Waals surface area contributed by atoms with Crippen LogP contribution in [0.15, 0.2) is 12.1 Å². The van der Waals surface area contributed by atoms with E-state index in [2.05, 4.69) is 31.1 Å². The lowest BCUT2D eigenvalue weighted by Crippen LogP contribution is -2.05. The van der Waals surface area contributed by atoms with Gasteiger partial charge in [-0.1, -0.05) is 20.8 Å². The maximum atomic E-state index is 9.14. The summed E-state index contributed by atoms with van der Waals surface area (Å²) in [6.45, 7) is 7.31. The zero-order chi connectivity index (χ0) is 11.3. The van der Waals surface area contributed by atoms with E-state index >= 15 is 0 Å². The lowest BCUT2D eigenvalue weighted by Gasteiger charge is -2.11. The van der Waals surface area contributed by atoms with Crippen LogP contribution >= 0.6 is 0 Å². The number of hydrogen-bond acceptors (Lipinski definition) is 3. The summed E-state index contributed by atoms with van der Waals surface area (Å²) in [5, 5.41) is 12.4. The van der Waals surface area contributed by atoms with E-state index in [1.165, 1.54) is 0 Å². The van der Waals surface area contributed by atoms with Crippen LogP contribution in [0.5, 0.6) is 0 Å². The second-order valence-electron chi connectivity index (χ2n) is 4.03. The Hall–Kier alpha value is -1.09. The van der Waals surface area contributed by atoms with Crippen molar-refractivity contribution in [2.24, 2.45) is 0 Å². The fourth-order valence-electron chi connectivity index (χ4n) is 1.34. The quantitative estimate of drug-likeness (QED) is 0.781. The van der Waals surface area contributed by atoms with Gasteiger partial charge in [0, 0.05) is 12.2 Å². The first kappa shape index (κ1) is 12.0. The standard InChI is InChI=1S/C12H20N2O/c1-4-5-13-12-7-10(8-15)6-11(14-12)9(2)3/h6-7,9,15H,4-5,8H2,1-3H3,(H,13,14). The van der Waals surface area contributed by atoms with Crippen molar-refractivity contribution in [3.05, 3.63) is 23.4 Å². The molecule has 3 nitrogen and oxygen atoms in total. The number of nitrogens with one attached hydrogen (secondary N) is 1. The smallest absolute Gasteiger partial charge is 0.126 e. The van der Waals surface area contributed by atoms with E-state index in [1.807, 2.05) is 12.1 Å². The van der Waals surface area contributed by atoms with E-state index in [9.17, 15) is 0 Å². The molecule has 0 amide bonds. The molecule has 0 saturated heterocycles. The average Bonchev–Trinajstić information content (AvgIpc) is 2.25. The van der Waals surface area contributed by atoms with Crippen LogP contribution in [-0.4, -0.2) is 16.6 Å². The van der Waals surface area contributed by atoms with Gasteiger partial charge in [0.05, 0.1) is 6.61 Å². The Kier molecular flexibility index (Phi) is 4.56. The van der Waals surface area contributed by atoms with Crippen LogP contribution in [0.1, 0.15) is 44.4 Å². The molecule has 0 aliphatic rings. The molecule has 0 bridgehead atoms. The number of anilines is 1. The van der Waals surface area contributed by atoms with Gasteiger partial charge in [0.15, 0.2) is 0 Å². The number of pyridine rings is 1. The largest absolute Gasteiger partial charge is 0.392 e. The van der Waals surface area contributed by atoms with Gasteiger partial charge in [0.25, 0.3) is 0 Å². The Morgan fingerprint density at radius 3 is 2.67 bits per heavy atom. The summed E-state index contributed by atoms with van der Waals surface area (Å²) in [4.78, 5) is 4.50. The fraction of sp³-hybridized carbons (Fsp3) is 0.583. The van der Waals surface area contributed by atoms with E-state index in [4.69, 9.17) is 5.11 Å². The molecule has 1 aromatic rings. The van der Waals surface area contributed by atoms with Gasteiger partial charge in [0.1, 0.15) is 5.82 Å². The molecule has 0 aromatic carbocycles. The normalized spacial score (nSPS) is 10.7. The van der Waals surface area contributed by atoms with Crippen molar-refractivity contribution >= 4 is 5.82 Å². The van der Waals surface area contributed by atoms with Crippen molar-refractivity contribution in [3.63, 3.8) is 0 Å².